The van der Waals surface area contributed by atoms with Gasteiger partial charge in [-0.3, -0.25) is 0 Å². The second-order valence-corrected chi connectivity index (χ2v) is 6.58. The average Bonchev–Trinajstić information content (AvgIpc) is 2.62. The van der Waals surface area contributed by atoms with Gasteiger partial charge in [-0.1, -0.05) is 56.0 Å². The number of aliphatic hydroxyl groups is 1. The number of aliphatic hydroxyl groups excluding tert-OH is 1. The Hall–Kier alpha value is -1.67. The Labute approximate surface area is 165 Å². The Bertz CT molecular complexity index is 543. The number of unbranched alkanes of at least 4 members (excludes halogenated alkanes) is 2. The van der Waals surface area contributed by atoms with E-state index in [4.69, 9.17) is 36.1 Å². The summed E-state index contributed by atoms with van der Waals surface area (Å²) in [7, 11) is 0. The number of rotatable bonds is 11. The van der Waals surface area contributed by atoms with Crippen LogP contribution in [0.5, 0.6) is 0 Å². The van der Waals surface area contributed by atoms with Crippen LogP contribution in [0.4, 0.5) is 0 Å². The molecule has 0 saturated carbocycles. The van der Waals surface area contributed by atoms with E-state index in [0.717, 1.165) is 12.0 Å². The van der Waals surface area contributed by atoms with Gasteiger partial charge >= 0.3 is 11.9 Å². The molecule has 0 amide bonds. The first-order valence-corrected chi connectivity index (χ1v) is 9.34. The monoisotopic (exact) mass is 403 g/mol. The van der Waals surface area contributed by atoms with E-state index >= 15 is 0 Å². The summed E-state index contributed by atoms with van der Waals surface area (Å²) in [4.78, 5) is 18.2. The van der Waals surface area contributed by atoms with Crippen molar-refractivity contribution in [2.45, 2.75) is 58.3 Å². The predicted molar refractivity (Wildman–Crippen MR) is 104 cm³/mol. The predicted octanol–water partition coefficient (Wildman–Crippen LogP) is 2.93. The van der Waals surface area contributed by atoms with E-state index in [1.807, 2.05) is 24.3 Å². The van der Waals surface area contributed by atoms with Crippen LogP contribution >= 0.6 is 11.6 Å². The summed E-state index contributed by atoms with van der Waals surface area (Å²) in [6.07, 6.45) is 4.42. The molecule has 0 bridgehead atoms. The molecule has 0 aliphatic rings. The molecule has 154 valence electrons. The first-order chi connectivity index (χ1) is 12.8. The molecule has 0 fully saturated rings. The average molecular weight is 404 g/mol. The second-order valence-electron chi connectivity index (χ2n) is 6.18. The lowest BCUT2D eigenvalue weighted by molar-refractivity contribution is -0.159. The minimum atomic E-state index is -1.82. The number of hydrogen-bond donors (Lipinski definition) is 4. The highest BCUT2D eigenvalue weighted by Crippen LogP contribution is 2.15. The summed E-state index contributed by atoms with van der Waals surface area (Å²) >= 11 is 6.05. The normalized spacial score (nSPS) is 12.6. The van der Waals surface area contributed by atoms with Gasteiger partial charge in [-0.15, -0.1) is 0 Å². The standard InChI is InChI=1S/C17H28ClNO2.C2H2O4/c1-3-4-5-8-14(2)19-11-16(20)13-21-12-15-9-6-7-10-17(15)18;3-1(4)2(5)6/h6-7,9-10,14,16,19-20H,3-5,8,11-13H2,1-2H3;(H,3,4)(H,5,6). The van der Waals surface area contributed by atoms with E-state index < -0.39 is 18.0 Å². The number of carbonyl (C=O) groups is 2. The smallest absolute Gasteiger partial charge is 0.414 e. The highest BCUT2D eigenvalue weighted by Gasteiger charge is 2.08. The molecule has 0 aromatic heterocycles. The first-order valence-electron chi connectivity index (χ1n) is 8.96. The van der Waals surface area contributed by atoms with E-state index in [9.17, 15) is 5.11 Å². The summed E-state index contributed by atoms with van der Waals surface area (Å²) in [5.41, 5.74) is 0.951. The van der Waals surface area contributed by atoms with Crippen molar-refractivity contribution in [3.63, 3.8) is 0 Å². The minimum absolute atomic E-state index is 0.319. The van der Waals surface area contributed by atoms with Gasteiger partial charge in [0.1, 0.15) is 0 Å². The van der Waals surface area contributed by atoms with Crippen LogP contribution in [-0.4, -0.2) is 52.6 Å². The van der Waals surface area contributed by atoms with Gasteiger partial charge in [0.25, 0.3) is 0 Å². The fourth-order valence-corrected chi connectivity index (χ4v) is 2.31. The molecule has 0 aliphatic carbocycles. The molecule has 1 aromatic rings. The van der Waals surface area contributed by atoms with Crippen molar-refractivity contribution in [3.8, 4) is 0 Å². The quantitative estimate of drug-likeness (QED) is 0.331. The van der Waals surface area contributed by atoms with Gasteiger partial charge in [-0.2, -0.15) is 0 Å². The lowest BCUT2D eigenvalue weighted by atomic mass is 10.1. The summed E-state index contributed by atoms with van der Waals surface area (Å²) in [6.45, 7) is 5.68. The van der Waals surface area contributed by atoms with Crippen molar-refractivity contribution in [3.05, 3.63) is 34.9 Å². The number of halogens is 1. The van der Waals surface area contributed by atoms with Gasteiger partial charge in [0.05, 0.1) is 19.3 Å². The van der Waals surface area contributed by atoms with Crippen LogP contribution in [0.2, 0.25) is 5.02 Å². The number of aliphatic carboxylic acids is 2. The van der Waals surface area contributed by atoms with E-state index in [2.05, 4.69) is 19.2 Å². The molecule has 4 N–H and O–H groups in total. The van der Waals surface area contributed by atoms with Gasteiger partial charge in [-0.05, 0) is 25.0 Å². The van der Waals surface area contributed by atoms with Crippen LogP contribution in [-0.2, 0) is 20.9 Å². The zero-order valence-corrected chi connectivity index (χ0v) is 16.6. The molecule has 1 rings (SSSR count). The molecule has 7 nitrogen and oxygen atoms in total. The van der Waals surface area contributed by atoms with E-state index in [1.165, 1.54) is 19.3 Å². The Morgan fingerprint density at radius 3 is 2.37 bits per heavy atom. The fourth-order valence-electron chi connectivity index (χ4n) is 2.12. The van der Waals surface area contributed by atoms with Crippen LogP contribution in [0.15, 0.2) is 24.3 Å². The number of ether oxygens (including phenoxy) is 1. The summed E-state index contributed by atoms with van der Waals surface area (Å²) in [6, 6.07) is 8.04. The molecule has 0 radical (unpaired) electrons. The van der Waals surface area contributed by atoms with Crippen molar-refractivity contribution in [2.24, 2.45) is 0 Å². The molecular weight excluding hydrogens is 374 g/mol. The maximum absolute atomic E-state index is 9.90. The third-order valence-corrected chi connectivity index (χ3v) is 4.02. The van der Waals surface area contributed by atoms with Gasteiger partial charge in [0.2, 0.25) is 0 Å². The van der Waals surface area contributed by atoms with Crippen LogP contribution in [0.1, 0.15) is 45.1 Å². The Balaban J connectivity index is 0.000000972. The minimum Gasteiger partial charge on any atom is -0.473 e. The van der Waals surface area contributed by atoms with Gasteiger partial charge in [-0.25, -0.2) is 9.59 Å². The highest BCUT2D eigenvalue weighted by molar-refractivity contribution is 6.31. The zero-order chi connectivity index (χ0) is 20.7. The molecule has 2 atom stereocenters. The molecule has 27 heavy (non-hydrogen) atoms. The highest BCUT2D eigenvalue weighted by atomic mass is 35.5. The van der Waals surface area contributed by atoms with Crippen LogP contribution < -0.4 is 5.32 Å². The fraction of sp³-hybridized carbons (Fsp3) is 0.579. The molecular formula is C19H30ClNO6. The molecule has 2 unspecified atom stereocenters. The lowest BCUT2D eigenvalue weighted by Crippen LogP contribution is -2.35. The van der Waals surface area contributed by atoms with E-state index in [0.29, 0.717) is 30.8 Å². The molecule has 1 aromatic carbocycles. The molecule has 0 spiro atoms. The Morgan fingerprint density at radius 1 is 1.19 bits per heavy atom. The van der Waals surface area contributed by atoms with Crippen molar-refractivity contribution in [1.29, 1.82) is 0 Å². The Morgan fingerprint density at radius 2 is 1.81 bits per heavy atom. The molecule has 0 heterocycles. The molecule has 8 heteroatoms. The number of hydrogen-bond acceptors (Lipinski definition) is 5. The van der Waals surface area contributed by atoms with Gasteiger partial charge in [0, 0.05) is 17.6 Å². The number of carboxylic acid groups (broad SMARTS) is 2. The first kappa shape index (κ1) is 25.3. The number of benzene rings is 1. The van der Waals surface area contributed by atoms with Crippen molar-refractivity contribution < 1.29 is 29.6 Å². The summed E-state index contributed by atoms with van der Waals surface area (Å²) in [5, 5.41) is 28.7. The summed E-state index contributed by atoms with van der Waals surface area (Å²) < 4.78 is 5.52. The second kappa shape index (κ2) is 15.4. The third-order valence-electron chi connectivity index (χ3n) is 3.65. The zero-order valence-electron chi connectivity index (χ0n) is 15.9. The lowest BCUT2D eigenvalue weighted by Gasteiger charge is -2.17. The van der Waals surface area contributed by atoms with E-state index in [-0.39, 0.29) is 0 Å². The maximum Gasteiger partial charge on any atom is 0.414 e. The van der Waals surface area contributed by atoms with Crippen molar-refractivity contribution >= 4 is 23.5 Å². The third kappa shape index (κ3) is 14.1. The van der Waals surface area contributed by atoms with Crippen LogP contribution in [0, 0.1) is 0 Å². The van der Waals surface area contributed by atoms with Crippen LogP contribution in [0.3, 0.4) is 0 Å². The molecule has 0 saturated heterocycles. The van der Waals surface area contributed by atoms with Crippen molar-refractivity contribution in [1.82, 2.24) is 5.32 Å². The topological polar surface area (TPSA) is 116 Å². The number of carboxylic acids is 2. The molecule has 0 aliphatic heterocycles. The van der Waals surface area contributed by atoms with E-state index in [1.54, 1.807) is 0 Å². The largest absolute Gasteiger partial charge is 0.473 e. The maximum atomic E-state index is 9.90. The van der Waals surface area contributed by atoms with Crippen molar-refractivity contribution in [2.75, 3.05) is 13.2 Å². The van der Waals surface area contributed by atoms with Gasteiger partial charge in [0.15, 0.2) is 0 Å². The number of nitrogens with one attached hydrogen (secondary N) is 1. The van der Waals surface area contributed by atoms with Crippen LogP contribution in [0.25, 0.3) is 0 Å². The Kier molecular flexibility index (Phi) is 14.4. The van der Waals surface area contributed by atoms with Gasteiger partial charge < -0.3 is 25.4 Å². The summed E-state index contributed by atoms with van der Waals surface area (Å²) in [5.74, 6) is -3.65. The SMILES string of the molecule is CCCCCC(C)NCC(O)COCc1ccccc1Cl.O=C(O)C(=O)O.